The van der Waals surface area contributed by atoms with Gasteiger partial charge in [-0.2, -0.15) is 0 Å². The quantitative estimate of drug-likeness (QED) is 0.768. The van der Waals surface area contributed by atoms with E-state index in [1.165, 1.54) is 0 Å². The SMILES string of the molecule is CCNCC(O)c1ccc(O)cc1.CN1CCOCC1. The average Bonchev–Trinajstić information content (AvgIpc) is 2.47. The molecule has 1 heterocycles. The zero-order valence-corrected chi connectivity index (χ0v) is 12.4. The van der Waals surface area contributed by atoms with Gasteiger partial charge in [0.15, 0.2) is 0 Å². The first kappa shape index (κ1) is 16.9. The normalized spacial score (nSPS) is 17.1. The van der Waals surface area contributed by atoms with Gasteiger partial charge < -0.3 is 25.2 Å². The molecule has 2 rings (SSSR count). The predicted molar refractivity (Wildman–Crippen MR) is 79.9 cm³/mol. The van der Waals surface area contributed by atoms with E-state index in [2.05, 4.69) is 17.3 Å². The van der Waals surface area contributed by atoms with Crippen molar-refractivity contribution in [3.63, 3.8) is 0 Å². The molecule has 1 unspecified atom stereocenters. The van der Waals surface area contributed by atoms with Gasteiger partial charge in [-0.25, -0.2) is 0 Å². The molecule has 0 spiro atoms. The highest BCUT2D eigenvalue weighted by atomic mass is 16.5. The van der Waals surface area contributed by atoms with E-state index in [1.54, 1.807) is 24.3 Å². The molecule has 1 aliphatic rings. The van der Waals surface area contributed by atoms with Crippen molar-refractivity contribution in [3.05, 3.63) is 29.8 Å². The summed E-state index contributed by atoms with van der Waals surface area (Å²) in [4.78, 5) is 2.27. The summed E-state index contributed by atoms with van der Waals surface area (Å²) >= 11 is 0. The van der Waals surface area contributed by atoms with Crippen LogP contribution in [-0.2, 0) is 4.74 Å². The Hall–Kier alpha value is -1.14. The summed E-state index contributed by atoms with van der Waals surface area (Å²) in [5.41, 5.74) is 0.818. The lowest BCUT2D eigenvalue weighted by Gasteiger charge is -2.21. The van der Waals surface area contributed by atoms with Gasteiger partial charge in [0.1, 0.15) is 5.75 Å². The molecule has 0 amide bonds. The van der Waals surface area contributed by atoms with Gasteiger partial charge in [0, 0.05) is 19.6 Å². The number of phenols is 1. The second kappa shape index (κ2) is 9.72. The van der Waals surface area contributed by atoms with E-state index in [-0.39, 0.29) is 5.75 Å². The lowest BCUT2D eigenvalue weighted by Crippen LogP contribution is -2.32. The van der Waals surface area contributed by atoms with Gasteiger partial charge in [-0.15, -0.1) is 0 Å². The first-order chi connectivity index (χ1) is 9.63. The number of rotatable bonds is 4. The summed E-state index contributed by atoms with van der Waals surface area (Å²) in [5, 5.41) is 21.7. The number of likely N-dealkylation sites (N-methyl/N-ethyl adjacent to an activating group) is 2. The highest BCUT2D eigenvalue weighted by molar-refractivity contribution is 5.27. The minimum Gasteiger partial charge on any atom is -0.508 e. The fraction of sp³-hybridized carbons (Fsp3) is 0.600. The summed E-state index contributed by atoms with van der Waals surface area (Å²) in [6.07, 6.45) is -0.499. The van der Waals surface area contributed by atoms with Gasteiger partial charge in [-0.1, -0.05) is 19.1 Å². The molecule has 20 heavy (non-hydrogen) atoms. The Labute approximate surface area is 121 Å². The highest BCUT2D eigenvalue weighted by Gasteiger charge is 2.05. The first-order valence-electron chi connectivity index (χ1n) is 7.07. The lowest BCUT2D eigenvalue weighted by atomic mass is 10.1. The number of phenolic OH excluding ortho intramolecular Hbond substituents is 1. The Morgan fingerprint density at radius 1 is 1.25 bits per heavy atom. The molecule has 1 aliphatic heterocycles. The molecule has 1 aromatic carbocycles. The molecule has 0 radical (unpaired) electrons. The largest absolute Gasteiger partial charge is 0.508 e. The Morgan fingerprint density at radius 3 is 2.30 bits per heavy atom. The fourth-order valence-corrected chi connectivity index (χ4v) is 1.75. The molecule has 3 N–H and O–H groups in total. The number of benzene rings is 1. The van der Waals surface area contributed by atoms with Crippen LogP contribution in [0.5, 0.6) is 5.75 Å². The van der Waals surface area contributed by atoms with Crippen molar-refractivity contribution >= 4 is 0 Å². The van der Waals surface area contributed by atoms with Crippen LogP contribution in [0.15, 0.2) is 24.3 Å². The fourth-order valence-electron chi connectivity index (χ4n) is 1.75. The van der Waals surface area contributed by atoms with Crippen molar-refractivity contribution in [2.24, 2.45) is 0 Å². The number of morpholine rings is 1. The molecule has 0 saturated carbocycles. The van der Waals surface area contributed by atoms with Gasteiger partial charge in [-0.05, 0) is 31.3 Å². The van der Waals surface area contributed by atoms with E-state index in [1.807, 2.05) is 6.92 Å². The van der Waals surface area contributed by atoms with Gasteiger partial charge >= 0.3 is 0 Å². The second-order valence-corrected chi connectivity index (χ2v) is 4.83. The summed E-state index contributed by atoms with van der Waals surface area (Å²) in [6.45, 7) is 7.40. The maximum Gasteiger partial charge on any atom is 0.115 e. The van der Waals surface area contributed by atoms with E-state index in [0.717, 1.165) is 38.4 Å². The third-order valence-corrected chi connectivity index (χ3v) is 3.10. The minimum absolute atomic E-state index is 0.222. The minimum atomic E-state index is -0.499. The van der Waals surface area contributed by atoms with Crippen LogP contribution in [0.1, 0.15) is 18.6 Å². The van der Waals surface area contributed by atoms with Crippen LogP contribution >= 0.6 is 0 Å². The second-order valence-electron chi connectivity index (χ2n) is 4.83. The number of aliphatic hydroxyl groups excluding tert-OH is 1. The van der Waals surface area contributed by atoms with Crippen LogP contribution in [-0.4, -0.2) is 61.6 Å². The van der Waals surface area contributed by atoms with Crippen LogP contribution in [0.2, 0.25) is 0 Å². The highest BCUT2D eigenvalue weighted by Crippen LogP contribution is 2.15. The zero-order valence-electron chi connectivity index (χ0n) is 12.4. The Morgan fingerprint density at radius 2 is 1.85 bits per heavy atom. The molecular weight excluding hydrogens is 256 g/mol. The average molecular weight is 282 g/mol. The smallest absolute Gasteiger partial charge is 0.115 e. The molecule has 1 saturated heterocycles. The van der Waals surface area contributed by atoms with E-state index in [9.17, 15) is 5.11 Å². The van der Waals surface area contributed by atoms with Crippen LogP contribution in [0, 0.1) is 0 Å². The lowest BCUT2D eigenvalue weighted by molar-refractivity contribution is 0.0503. The van der Waals surface area contributed by atoms with Gasteiger partial charge in [-0.3, -0.25) is 0 Å². The maximum absolute atomic E-state index is 9.60. The third-order valence-electron chi connectivity index (χ3n) is 3.10. The van der Waals surface area contributed by atoms with E-state index >= 15 is 0 Å². The molecule has 1 fully saturated rings. The Kier molecular flexibility index (Phi) is 8.22. The number of hydrogen-bond donors (Lipinski definition) is 3. The van der Waals surface area contributed by atoms with E-state index in [4.69, 9.17) is 9.84 Å². The van der Waals surface area contributed by atoms with Gasteiger partial charge in [0.25, 0.3) is 0 Å². The van der Waals surface area contributed by atoms with Crippen LogP contribution in [0.25, 0.3) is 0 Å². The first-order valence-corrected chi connectivity index (χ1v) is 7.07. The molecule has 0 bridgehead atoms. The standard InChI is InChI=1S/C10H15NO2.C5H11NO/c1-2-11-7-10(13)8-3-5-9(12)6-4-8;1-6-2-4-7-5-3-6/h3-6,10-13H,2,7H2,1H3;2-5H2,1H3. The van der Waals surface area contributed by atoms with Crippen molar-refractivity contribution in [2.75, 3.05) is 46.4 Å². The Balaban J connectivity index is 0.000000240. The summed E-state index contributed by atoms with van der Waals surface area (Å²) in [5.74, 6) is 0.222. The molecule has 0 aliphatic carbocycles. The monoisotopic (exact) mass is 282 g/mol. The van der Waals surface area contributed by atoms with Crippen LogP contribution < -0.4 is 5.32 Å². The molecule has 5 heteroatoms. The van der Waals surface area contributed by atoms with Crippen molar-refractivity contribution in [1.29, 1.82) is 0 Å². The number of nitrogens with one attached hydrogen (secondary N) is 1. The number of nitrogens with zero attached hydrogens (tertiary/aromatic N) is 1. The predicted octanol–water partition coefficient (Wildman–Crippen LogP) is 0.983. The molecular formula is C15H26N2O3. The van der Waals surface area contributed by atoms with Gasteiger partial charge in [0.05, 0.1) is 19.3 Å². The summed E-state index contributed by atoms with van der Waals surface area (Å²) in [7, 11) is 2.11. The zero-order chi connectivity index (χ0) is 14.8. The Bertz CT molecular complexity index is 351. The summed E-state index contributed by atoms with van der Waals surface area (Å²) in [6, 6.07) is 6.59. The third kappa shape index (κ3) is 6.86. The van der Waals surface area contributed by atoms with Gasteiger partial charge in [0.2, 0.25) is 0 Å². The number of hydrogen-bond acceptors (Lipinski definition) is 5. The van der Waals surface area contributed by atoms with Crippen molar-refractivity contribution in [1.82, 2.24) is 10.2 Å². The number of ether oxygens (including phenoxy) is 1. The molecule has 0 aromatic heterocycles. The van der Waals surface area contributed by atoms with Crippen molar-refractivity contribution < 1.29 is 14.9 Å². The molecule has 1 atom stereocenters. The number of aliphatic hydroxyl groups is 1. The maximum atomic E-state index is 9.60. The molecule has 1 aromatic rings. The molecule has 5 nitrogen and oxygen atoms in total. The van der Waals surface area contributed by atoms with E-state index < -0.39 is 6.10 Å². The van der Waals surface area contributed by atoms with Crippen LogP contribution in [0.3, 0.4) is 0 Å². The summed E-state index contributed by atoms with van der Waals surface area (Å²) < 4.78 is 5.10. The van der Waals surface area contributed by atoms with Crippen LogP contribution in [0.4, 0.5) is 0 Å². The number of aromatic hydroxyl groups is 1. The van der Waals surface area contributed by atoms with Crippen molar-refractivity contribution in [3.8, 4) is 5.75 Å². The molecule has 114 valence electrons. The topological polar surface area (TPSA) is 65.0 Å². The van der Waals surface area contributed by atoms with Crippen molar-refractivity contribution in [2.45, 2.75) is 13.0 Å². The van der Waals surface area contributed by atoms with E-state index in [0.29, 0.717) is 6.54 Å².